The predicted octanol–water partition coefficient (Wildman–Crippen LogP) is 4.54. The Balaban J connectivity index is 1.36. The van der Waals surface area contributed by atoms with Gasteiger partial charge in [0.05, 0.1) is 5.56 Å². The van der Waals surface area contributed by atoms with E-state index in [4.69, 9.17) is 9.47 Å². The van der Waals surface area contributed by atoms with Crippen molar-refractivity contribution >= 4 is 11.6 Å². The van der Waals surface area contributed by atoms with Crippen LogP contribution in [0.4, 0.5) is 18.9 Å². The van der Waals surface area contributed by atoms with E-state index in [1.165, 1.54) is 12.1 Å². The lowest BCUT2D eigenvalue weighted by atomic mass is 10.2. The molecule has 0 unspecified atom stereocenters. The number of benzene rings is 2. The number of carbonyl (C=O) groups excluding carboxylic acids is 1. The molecule has 3 rings (SSSR count). The number of hydrogen-bond donors (Lipinski definition) is 1. The summed E-state index contributed by atoms with van der Waals surface area (Å²) in [4.78, 5) is 14.0. The first-order valence-corrected chi connectivity index (χ1v) is 9.39. The van der Waals surface area contributed by atoms with Crippen molar-refractivity contribution < 1.29 is 27.4 Å². The molecule has 1 heterocycles. The highest BCUT2D eigenvalue weighted by Crippen LogP contribution is 2.31. The van der Waals surface area contributed by atoms with Crippen molar-refractivity contribution in [3.8, 4) is 11.5 Å². The van der Waals surface area contributed by atoms with Gasteiger partial charge in [-0.15, -0.1) is 0 Å². The molecule has 0 radical (unpaired) electrons. The van der Waals surface area contributed by atoms with Gasteiger partial charge in [0, 0.05) is 18.7 Å². The van der Waals surface area contributed by atoms with E-state index in [9.17, 15) is 18.0 Å². The lowest BCUT2D eigenvalue weighted by molar-refractivity contribution is -0.137. The minimum Gasteiger partial charge on any atom is -0.484 e. The lowest BCUT2D eigenvalue weighted by Crippen LogP contribution is -2.43. The molecule has 0 aromatic heterocycles. The number of ether oxygens (including phenoxy) is 2. The maximum Gasteiger partial charge on any atom is 0.416 e. The van der Waals surface area contributed by atoms with Crippen molar-refractivity contribution in [2.75, 3.05) is 25.5 Å². The van der Waals surface area contributed by atoms with Crippen molar-refractivity contribution in [1.29, 1.82) is 0 Å². The maximum absolute atomic E-state index is 12.6. The Morgan fingerprint density at radius 2 is 1.79 bits per heavy atom. The van der Waals surface area contributed by atoms with Crippen LogP contribution in [0, 0.1) is 0 Å². The summed E-state index contributed by atoms with van der Waals surface area (Å²) >= 11 is 0. The highest BCUT2D eigenvalue weighted by Gasteiger charge is 2.30. The van der Waals surface area contributed by atoms with Crippen molar-refractivity contribution in [2.45, 2.75) is 31.7 Å². The molecule has 0 fully saturated rings. The Kier molecular flexibility index (Phi) is 6.64. The number of rotatable bonds is 7. The van der Waals surface area contributed by atoms with Crippen molar-refractivity contribution in [3.05, 3.63) is 54.1 Å². The van der Waals surface area contributed by atoms with Crippen LogP contribution < -0.4 is 14.8 Å². The van der Waals surface area contributed by atoms with Gasteiger partial charge in [0.15, 0.2) is 17.7 Å². The Hall–Kier alpha value is -2.74. The minimum atomic E-state index is -4.39. The molecule has 0 saturated carbocycles. The van der Waals surface area contributed by atoms with Crippen LogP contribution in [0.3, 0.4) is 0 Å². The first-order valence-electron chi connectivity index (χ1n) is 9.39. The van der Waals surface area contributed by atoms with Gasteiger partial charge < -0.3 is 14.8 Å². The summed E-state index contributed by atoms with van der Waals surface area (Å²) in [5, 5.41) is 2.62. The zero-order valence-electron chi connectivity index (χ0n) is 16.0. The van der Waals surface area contributed by atoms with Gasteiger partial charge in [-0.05, 0) is 56.3 Å². The van der Waals surface area contributed by atoms with Crippen LogP contribution in [0.2, 0.25) is 0 Å². The molecule has 5 nitrogen and oxygen atoms in total. The summed E-state index contributed by atoms with van der Waals surface area (Å²) in [6.45, 7) is 1.16. The Bertz CT molecular complexity index is 825. The van der Waals surface area contributed by atoms with E-state index in [1.807, 2.05) is 36.2 Å². The molecule has 1 amide bonds. The van der Waals surface area contributed by atoms with E-state index in [2.05, 4.69) is 5.32 Å². The quantitative estimate of drug-likeness (QED) is 0.684. The first kappa shape index (κ1) is 21.0. The monoisotopic (exact) mass is 408 g/mol. The van der Waals surface area contributed by atoms with Crippen molar-refractivity contribution in [3.63, 3.8) is 0 Å². The molecular formula is C21H23F3N2O3. The number of nitrogens with one attached hydrogen (secondary N) is 1. The lowest BCUT2D eigenvalue weighted by Gasteiger charge is -2.32. The summed E-state index contributed by atoms with van der Waals surface area (Å²) in [7, 11) is 1.93. The third-order valence-corrected chi connectivity index (χ3v) is 4.65. The number of halogens is 3. The van der Waals surface area contributed by atoms with Gasteiger partial charge >= 0.3 is 6.18 Å². The molecule has 29 heavy (non-hydrogen) atoms. The van der Waals surface area contributed by atoms with Gasteiger partial charge in [-0.25, -0.2) is 0 Å². The van der Waals surface area contributed by atoms with E-state index >= 15 is 0 Å². The molecule has 1 aliphatic rings. The fourth-order valence-corrected chi connectivity index (χ4v) is 2.98. The predicted molar refractivity (Wildman–Crippen MR) is 103 cm³/mol. The molecule has 0 spiro atoms. The van der Waals surface area contributed by atoms with Crippen LogP contribution in [0.25, 0.3) is 0 Å². The van der Waals surface area contributed by atoms with Crippen LogP contribution in [-0.2, 0) is 11.0 Å². The normalized spacial score (nSPS) is 16.0. The second kappa shape index (κ2) is 9.17. The summed E-state index contributed by atoms with van der Waals surface area (Å²) in [5.74, 6) is 1.22. The van der Waals surface area contributed by atoms with Gasteiger partial charge in [-0.2, -0.15) is 13.2 Å². The SMILES string of the molecule is CN(CCCCC(=O)Nc1ccc(C(F)(F)F)cc1)[C@H]1COc2ccccc2O1. The first-order chi connectivity index (χ1) is 13.8. The molecule has 1 N–H and O–H groups in total. The molecule has 2 aromatic rings. The fourth-order valence-electron chi connectivity index (χ4n) is 2.98. The third kappa shape index (κ3) is 5.87. The molecule has 1 atom stereocenters. The number of likely N-dealkylation sites (N-methyl/N-ethyl adjacent to an activating group) is 1. The van der Waals surface area contributed by atoms with Gasteiger partial charge in [0.1, 0.15) is 6.61 Å². The van der Waals surface area contributed by atoms with Crippen LogP contribution in [0.15, 0.2) is 48.5 Å². The zero-order valence-corrected chi connectivity index (χ0v) is 16.0. The molecule has 0 aliphatic carbocycles. The van der Waals surface area contributed by atoms with Gasteiger partial charge in [-0.3, -0.25) is 9.69 Å². The van der Waals surface area contributed by atoms with E-state index in [-0.39, 0.29) is 12.1 Å². The number of alkyl halides is 3. The largest absolute Gasteiger partial charge is 0.484 e. The van der Waals surface area contributed by atoms with Gasteiger partial charge in [-0.1, -0.05) is 12.1 Å². The standard InChI is InChI=1S/C21H23F3N2O3/c1-26(20-14-28-17-6-2-3-7-18(17)29-20)13-5-4-8-19(27)25-16-11-9-15(10-12-16)21(22,23)24/h2-3,6-7,9-12,20H,4-5,8,13-14H2,1H3,(H,25,27)/t20-/m1/s1. The zero-order chi connectivity index (χ0) is 20.9. The van der Waals surface area contributed by atoms with E-state index in [0.717, 1.165) is 30.8 Å². The number of para-hydroxylation sites is 2. The molecule has 0 saturated heterocycles. The van der Waals surface area contributed by atoms with Crippen LogP contribution in [0.5, 0.6) is 11.5 Å². The maximum atomic E-state index is 12.6. The Labute approximate surface area is 167 Å². The van der Waals surface area contributed by atoms with Crippen molar-refractivity contribution in [2.24, 2.45) is 0 Å². The smallest absolute Gasteiger partial charge is 0.416 e. The Morgan fingerprint density at radius 3 is 2.48 bits per heavy atom. The summed E-state index contributed by atoms with van der Waals surface area (Å²) in [6.07, 6.45) is -2.85. The van der Waals surface area contributed by atoms with Crippen LogP contribution >= 0.6 is 0 Å². The number of carbonyl (C=O) groups is 1. The summed E-state index contributed by atoms with van der Waals surface area (Å²) in [5.41, 5.74) is -0.387. The number of amides is 1. The van der Waals surface area contributed by atoms with Gasteiger partial charge in [0.25, 0.3) is 0 Å². The molecule has 2 aromatic carbocycles. The number of anilines is 1. The topological polar surface area (TPSA) is 50.8 Å². The number of fused-ring (bicyclic) bond motifs is 1. The number of hydrogen-bond acceptors (Lipinski definition) is 4. The second-order valence-electron chi connectivity index (χ2n) is 6.89. The molecular weight excluding hydrogens is 385 g/mol. The van der Waals surface area contributed by atoms with Crippen molar-refractivity contribution in [1.82, 2.24) is 4.90 Å². The van der Waals surface area contributed by atoms with E-state index in [1.54, 1.807) is 0 Å². The summed E-state index contributed by atoms with van der Waals surface area (Å²) in [6, 6.07) is 11.9. The molecule has 8 heteroatoms. The van der Waals surface area contributed by atoms with Gasteiger partial charge in [0.2, 0.25) is 5.91 Å². The molecule has 1 aliphatic heterocycles. The third-order valence-electron chi connectivity index (χ3n) is 4.65. The summed E-state index contributed by atoms with van der Waals surface area (Å²) < 4.78 is 49.3. The van der Waals surface area contributed by atoms with E-state index in [0.29, 0.717) is 30.9 Å². The average Bonchev–Trinajstić information content (AvgIpc) is 2.70. The minimum absolute atomic E-state index is 0.189. The van der Waals surface area contributed by atoms with E-state index < -0.39 is 11.7 Å². The highest BCUT2D eigenvalue weighted by atomic mass is 19.4. The Morgan fingerprint density at radius 1 is 1.10 bits per heavy atom. The number of unbranched alkanes of at least 4 members (excludes halogenated alkanes) is 1. The van der Waals surface area contributed by atoms with Crippen LogP contribution in [-0.4, -0.2) is 37.2 Å². The second-order valence-corrected chi connectivity index (χ2v) is 6.89. The number of nitrogens with zero attached hydrogens (tertiary/aromatic N) is 1. The molecule has 156 valence electrons. The average molecular weight is 408 g/mol. The molecule has 0 bridgehead atoms. The van der Waals surface area contributed by atoms with Crippen LogP contribution in [0.1, 0.15) is 24.8 Å². The highest BCUT2D eigenvalue weighted by molar-refractivity contribution is 5.90. The fraction of sp³-hybridized carbons (Fsp3) is 0.381.